The fraction of sp³-hybridized carbons (Fsp3) is 0.786. The first-order valence-corrected chi connectivity index (χ1v) is 8.16. The van der Waals surface area contributed by atoms with Gasteiger partial charge in [-0.15, -0.1) is 0 Å². The van der Waals surface area contributed by atoms with E-state index in [0.717, 1.165) is 0 Å². The van der Waals surface area contributed by atoms with Gasteiger partial charge in [-0.3, -0.25) is 0 Å². The molecule has 0 bridgehead atoms. The Kier molecular flexibility index (Phi) is 8.50. The van der Waals surface area contributed by atoms with Crippen molar-refractivity contribution in [1.82, 2.24) is 0 Å². The summed E-state index contributed by atoms with van der Waals surface area (Å²) in [6, 6.07) is 0. The molecule has 2 nitrogen and oxygen atoms in total. The summed E-state index contributed by atoms with van der Waals surface area (Å²) in [6.07, 6.45) is -17.1. The van der Waals surface area contributed by atoms with Crippen LogP contribution in [0, 0.1) is 0 Å². The minimum absolute atomic E-state index is 0.949. The number of ether oxygens (including phenoxy) is 1. The van der Waals surface area contributed by atoms with Gasteiger partial charge in [-0.25, -0.2) is 4.79 Å². The summed E-state index contributed by atoms with van der Waals surface area (Å²) in [6.45, 7) is 2.01. The Balaban J connectivity index is 7.54. The molecule has 0 aromatic heterocycles. The van der Waals surface area contributed by atoms with Gasteiger partial charge in [0.25, 0.3) is 0 Å². The van der Waals surface area contributed by atoms with Crippen molar-refractivity contribution >= 4 is 5.97 Å². The molecule has 0 aromatic carbocycles. The summed E-state index contributed by atoms with van der Waals surface area (Å²) < 4.78 is 304. The van der Waals surface area contributed by atoms with Crippen LogP contribution in [0.25, 0.3) is 0 Å². The van der Waals surface area contributed by atoms with Crippen LogP contribution in [0.1, 0.15) is 0 Å². The molecule has 0 rings (SSSR count). The number of hydrogen-bond acceptors (Lipinski definition) is 2. The largest absolute Gasteiger partial charge is 0.461 e. The lowest BCUT2D eigenvalue weighted by Gasteiger charge is -2.46. The fourth-order valence-electron chi connectivity index (χ4n) is 2.05. The molecule has 25 heteroatoms. The summed E-state index contributed by atoms with van der Waals surface area (Å²) in [7, 11) is 0. The van der Waals surface area contributed by atoms with Crippen LogP contribution < -0.4 is 0 Å². The topological polar surface area (TPSA) is 26.3 Å². The highest BCUT2D eigenvalue weighted by molar-refractivity contribution is 5.81. The van der Waals surface area contributed by atoms with Gasteiger partial charge in [-0.05, 0) is 0 Å². The maximum atomic E-state index is 14.2. The molecule has 232 valence electrons. The molecule has 0 amide bonds. The molecule has 0 aliphatic carbocycles. The third-order valence-electron chi connectivity index (χ3n) is 4.29. The monoisotopic (exact) mass is 640 g/mol. The Morgan fingerprint density at radius 3 is 0.872 bits per heavy atom. The lowest BCUT2D eigenvalue weighted by molar-refractivity contribution is -0.489. The zero-order valence-corrected chi connectivity index (χ0v) is 16.8. The highest BCUT2D eigenvalue weighted by Crippen LogP contribution is 2.67. The maximum absolute atomic E-state index is 14.2. The second-order valence-corrected chi connectivity index (χ2v) is 6.81. The first-order valence-electron chi connectivity index (χ1n) is 8.16. The first-order chi connectivity index (χ1) is 16.5. The van der Waals surface area contributed by atoms with Crippen LogP contribution in [0.5, 0.6) is 0 Å². The van der Waals surface area contributed by atoms with Gasteiger partial charge in [-0.2, -0.15) is 101 Å². The highest BCUT2D eigenvalue weighted by Gasteiger charge is 2.99. The molecule has 1 unspecified atom stereocenters. The number of hydrogen-bond donors (Lipinski definition) is 0. The molecule has 0 spiro atoms. The molecule has 0 aromatic rings. The molecule has 0 aliphatic rings. The van der Waals surface area contributed by atoms with E-state index in [9.17, 15) is 106 Å². The summed E-state index contributed by atoms with van der Waals surface area (Å²) in [5.41, 5.74) is 0. The van der Waals surface area contributed by atoms with E-state index in [1.54, 1.807) is 0 Å². The van der Waals surface area contributed by atoms with Crippen LogP contribution in [-0.2, 0) is 9.53 Å². The Morgan fingerprint density at radius 2 is 0.641 bits per heavy atom. The number of halogens is 23. The Bertz CT molecular complexity index is 939. The van der Waals surface area contributed by atoms with E-state index >= 15 is 0 Å². The van der Waals surface area contributed by atoms with Gasteiger partial charge in [0.15, 0.2) is 0 Å². The molecule has 39 heavy (non-hydrogen) atoms. The molecule has 0 fully saturated rings. The van der Waals surface area contributed by atoms with Gasteiger partial charge in [0.2, 0.25) is 0 Å². The van der Waals surface area contributed by atoms with Crippen LogP contribution in [0.4, 0.5) is 101 Å². The number of rotatable bonds is 10. The average Bonchev–Trinajstić information content (AvgIpc) is 2.70. The minimum Gasteiger partial charge on any atom is -0.413 e. The molecule has 0 aliphatic heterocycles. The maximum Gasteiger partial charge on any atom is 0.461 e. The van der Waals surface area contributed by atoms with Crippen molar-refractivity contribution in [2.45, 2.75) is 65.6 Å². The second-order valence-electron chi connectivity index (χ2n) is 6.81. The number of esters is 1. The van der Waals surface area contributed by atoms with Crippen molar-refractivity contribution in [3.8, 4) is 0 Å². The smallest absolute Gasteiger partial charge is 0.413 e. The van der Waals surface area contributed by atoms with Crippen molar-refractivity contribution < 1.29 is 111 Å². The molecule has 1 atom stereocenters. The fourth-order valence-corrected chi connectivity index (χ4v) is 2.05. The normalized spacial score (nSPS) is 17.5. The predicted octanol–water partition coefficient (Wildman–Crippen LogP) is 7.59. The van der Waals surface area contributed by atoms with Crippen molar-refractivity contribution in [3.05, 3.63) is 12.7 Å². The molecule has 0 radical (unpaired) electrons. The van der Waals surface area contributed by atoms with Crippen LogP contribution in [0.15, 0.2) is 12.7 Å². The molecule has 0 N–H and O–H groups in total. The van der Waals surface area contributed by atoms with Crippen molar-refractivity contribution in [2.24, 2.45) is 0 Å². The number of alkyl halides is 23. The highest BCUT2D eigenvalue weighted by atomic mass is 19.4. The first kappa shape index (κ1) is 36.6. The van der Waals surface area contributed by atoms with Gasteiger partial charge < -0.3 is 4.74 Å². The van der Waals surface area contributed by atoms with Crippen LogP contribution in [-0.4, -0.2) is 71.6 Å². The van der Waals surface area contributed by atoms with Gasteiger partial charge in [-0.1, -0.05) is 6.58 Å². The zero-order chi connectivity index (χ0) is 32.5. The van der Waals surface area contributed by atoms with E-state index in [2.05, 4.69) is 0 Å². The summed E-state index contributed by atoms with van der Waals surface area (Å²) >= 11 is 0. The van der Waals surface area contributed by atoms with E-state index in [1.165, 1.54) is 0 Å². The predicted molar refractivity (Wildman–Crippen MR) is 71.8 cm³/mol. The number of carbonyl (C=O) groups is 1. The van der Waals surface area contributed by atoms with E-state index in [4.69, 9.17) is 0 Å². The van der Waals surface area contributed by atoms with Gasteiger partial charge in [0.05, 0.1) is 0 Å². The molecular formula is C14H3F23O2. The van der Waals surface area contributed by atoms with Gasteiger partial charge >= 0.3 is 71.6 Å². The second kappa shape index (κ2) is 9.06. The molecule has 0 saturated heterocycles. The lowest BCUT2D eigenvalue weighted by Crippen LogP contribution is -2.78. The molecule has 0 saturated carbocycles. The van der Waals surface area contributed by atoms with Crippen LogP contribution in [0.3, 0.4) is 0 Å². The van der Waals surface area contributed by atoms with Crippen molar-refractivity contribution in [2.75, 3.05) is 0 Å². The average molecular weight is 640 g/mol. The van der Waals surface area contributed by atoms with Crippen molar-refractivity contribution in [1.29, 1.82) is 0 Å². The van der Waals surface area contributed by atoms with E-state index < -0.39 is 77.6 Å². The Morgan fingerprint density at radius 1 is 0.410 bits per heavy atom. The van der Waals surface area contributed by atoms with E-state index in [0.29, 0.717) is 0 Å². The number of carbonyl (C=O) groups excluding carboxylic acids is 1. The third kappa shape index (κ3) is 4.49. The standard InChI is InChI=1S/C14H3F23O2/c1-2-3(38)39-12(31,11(29,30)14(35,36)37)9(25,26)7(21,22)5(17,18)4(15,16)6(19,20)8(23,24)10(27,28)13(32,33)34/h2H,1H2. The van der Waals surface area contributed by atoms with E-state index in [1.807, 2.05) is 11.3 Å². The van der Waals surface area contributed by atoms with Gasteiger partial charge in [0, 0.05) is 6.08 Å². The molecule has 0 heterocycles. The Hall–Kier alpha value is -2.40. The Labute approximate surface area is 196 Å². The zero-order valence-electron chi connectivity index (χ0n) is 16.8. The summed E-state index contributed by atoms with van der Waals surface area (Å²) in [5, 5.41) is 0. The van der Waals surface area contributed by atoms with Crippen LogP contribution >= 0.6 is 0 Å². The minimum atomic E-state index is -9.46. The summed E-state index contributed by atoms with van der Waals surface area (Å²) in [4.78, 5) is 10.7. The lowest BCUT2D eigenvalue weighted by atomic mass is 9.85. The SMILES string of the molecule is C=CC(=O)OC(F)(C(F)(F)C(F)(F)F)C(F)(F)C(F)(F)C(F)(F)C(F)(F)C(F)(F)C(F)(F)C(F)(F)C(F)(F)F. The summed E-state index contributed by atoms with van der Waals surface area (Å²) in [5.74, 6) is -84.6. The third-order valence-corrected chi connectivity index (χ3v) is 4.29. The van der Waals surface area contributed by atoms with Crippen molar-refractivity contribution in [3.63, 3.8) is 0 Å². The van der Waals surface area contributed by atoms with Gasteiger partial charge in [0.1, 0.15) is 0 Å². The van der Waals surface area contributed by atoms with Crippen LogP contribution in [0.2, 0.25) is 0 Å². The quantitative estimate of drug-likeness (QED) is 0.140. The molecular weight excluding hydrogens is 637 g/mol. The van der Waals surface area contributed by atoms with E-state index in [-0.39, 0.29) is 0 Å².